The number of hydrogen-bond acceptors (Lipinski definition) is 0. The molecule has 0 amide bonds. The molecule has 0 aromatic heterocycles. The van der Waals surface area contributed by atoms with E-state index in [0.717, 1.165) is 12.8 Å². The van der Waals surface area contributed by atoms with Crippen LogP contribution < -0.4 is 0 Å². The van der Waals surface area contributed by atoms with Crippen LogP contribution in [0.25, 0.3) is 0 Å². The number of rotatable bonds is 2. The average Bonchev–Trinajstić information content (AvgIpc) is 1.81. The van der Waals surface area contributed by atoms with Gasteiger partial charge in [0.15, 0.2) is 0 Å². The summed E-state index contributed by atoms with van der Waals surface area (Å²) in [4.78, 5) is 0. The lowest BCUT2D eigenvalue weighted by Gasteiger charge is -2.19. The molecule has 0 heterocycles. The third-order valence-corrected chi connectivity index (χ3v) is 1.46. The van der Waals surface area contributed by atoms with Crippen LogP contribution in [-0.4, -0.2) is 0 Å². The van der Waals surface area contributed by atoms with Crippen LogP contribution in [0.1, 0.15) is 40.5 Å². The first-order valence-electron chi connectivity index (χ1n) is 4.31. The molecule has 0 aromatic carbocycles. The van der Waals surface area contributed by atoms with Crippen LogP contribution in [0.15, 0.2) is 0 Å². The predicted octanol–water partition coefficient (Wildman–Crippen LogP) is 3.29. The molecular weight excluding hydrogens is 132 g/mol. The lowest BCUT2D eigenvalue weighted by Crippen LogP contribution is -2.11. The van der Waals surface area contributed by atoms with Gasteiger partial charge >= 0.3 is 0 Å². The normalized spacial score (nSPS) is 11.1. The van der Waals surface area contributed by atoms with Crippen molar-refractivity contribution in [2.75, 3.05) is 0 Å². The van der Waals surface area contributed by atoms with Crippen LogP contribution in [-0.2, 0) is 0 Å². The van der Waals surface area contributed by atoms with Crippen molar-refractivity contribution >= 4 is 0 Å². The first-order valence-corrected chi connectivity index (χ1v) is 4.31. The SMILES string of the molecule is [CH2]C(C)CC(C)(C)C#CCC. The van der Waals surface area contributed by atoms with Crippen LogP contribution in [0.2, 0.25) is 0 Å². The van der Waals surface area contributed by atoms with Crippen molar-refractivity contribution in [3.8, 4) is 11.8 Å². The van der Waals surface area contributed by atoms with E-state index in [9.17, 15) is 0 Å². The lowest BCUT2D eigenvalue weighted by atomic mass is 9.85. The summed E-state index contributed by atoms with van der Waals surface area (Å²) in [6.07, 6.45) is 2.04. The van der Waals surface area contributed by atoms with Crippen LogP contribution in [0, 0.1) is 30.1 Å². The number of hydrogen-bond donors (Lipinski definition) is 0. The molecule has 0 spiro atoms. The molecule has 0 saturated carbocycles. The molecule has 0 heteroatoms. The second kappa shape index (κ2) is 4.44. The molecule has 0 bridgehead atoms. The molecule has 0 saturated heterocycles. The third kappa shape index (κ3) is 5.98. The van der Waals surface area contributed by atoms with E-state index in [1.165, 1.54) is 0 Å². The minimum Gasteiger partial charge on any atom is -0.103 e. The van der Waals surface area contributed by atoms with Crippen LogP contribution >= 0.6 is 0 Å². The molecule has 0 aliphatic heterocycles. The van der Waals surface area contributed by atoms with E-state index in [-0.39, 0.29) is 5.41 Å². The standard InChI is InChI=1S/C11H19/c1-6-7-8-11(4,5)9-10(2)3/h10H,2,6,9H2,1,3-5H3. The molecule has 0 aliphatic carbocycles. The van der Waals surface area contributed by atoms with E-state index >= 15 is 0 Å². The Morgan fingerprint density at radius 2 is 2.00 bits per heavy atom. The molecular formula is C11H19. The highest BCUT2D eigenvalue weighted by molar-refractivity contribution is 5.08. The Morgan fingerprint density at radius 3 is 2.36 bits per heavy atom. The summed E-state index contributed by atoms with van der Waals surface area (Å²) in [7, 11) is 0. The minimum atomic E-state index is 0.150. The summed E-state index contributed by atoms with van der Waals surface area (Å²) in [6, 6.07) is 0. The monoisotopic (exact) mass is 151 g/mol. The first kappa shape index (κ1) is 10.6. The van der Waals surface area contributed by atoms with Gasteiger partial charge in [-0.05, 0) is 26.2 Å². The topological polar surface area (TPSA) is 0 Å². The molecule has 0 aliphatic rings. The first-order chi connectivity index (χ1) is 4.98. The Hall–Kier alpha value is -0.440. The van der Waals surface area contributed by atoms with Gasteiger partial charge in [0.1, 0.15) is 0 Å². The van der Waals surface area contributed by atoms with Gasteiger partial charge < -0.3 is 0 Å². The molecule has 0 nitrogen and oxygen atoms in total. The summed E-state index contributed by atoms with van der Waals surface area (Å²) in [5.74, 6) is 6.86. The van der Waals surface area contributed by atoms with Gasteiger partial charge in [-0.2, -0.15) is 0 Å². The van der Waals surface area contributed by atoms with E-state index < -0.39 is 0 Å². The van der Waals surface area contributed by atoms with Gasteiger partial charge in [-0.1, -0.05) is 26.7 Å². The third-order valence-electron chi connectivity index (χ3n) is 1.46. The maximum absolute atomic E-state index is 3.96. The van der Waals surface area contributed by atoms with Gasteiger partial charge in [0, 0.05) is 11.8 Å². The molecule has 1 atom stereocenters. The van der Waals surface area contributed by atoms with Crippen molar-refractivity contribution in [3.63, 3.8) is 0 Å². The summed E-state index contributed by atoms with van der Waals surface area (Å²) < 4.78 is 0. The molecule has 11 heavy (non-hydrogen) atoms. The van der Waals surface area contributed by atoms with Crippen molar-refractivity contribution < 1.29 is 0 Å². The smallest absolute Gasteiger partial charge is 0.0261 e. The largest absolute Gasteiger partial charge is 0.103 e. The summed E-state index contributed by atoms with van der Waals surface area (Å²) in [6.45, 7) is 12.5. The molecule has 0 aromatic rings. The van der Waals surface area contributed by atoms with Crippen molar-refractivity contribution in [1.29, 1.82) is 0 Å². The predicted molar refractivity (Wildman–Crippen MR) is 51.0 cm³/mol. The van der Waals surface area contributed by atoms with E-state index in [4.69, 9.17) is 0 Å². The molecule has 0 fully saturated rings. The molecule has 0 N–H and O–H groups in total. The molecule has 63 valence electrons. The van der Waals surface area contributed by atoms with Crippen molar-refractivity contribution in [3.05, 3.63) is 6.92 Å². The van der Waals surface area contributed by atoms with Gasteiger partial charge in [0.05, 0.1) is 0 Å². The van der Waals surface area contributed by atoms with Crippen molar-refractivity contribution in [2.45, 2.75) is 40.5 Å². The van der Waals surface area contributed by atoms with Gasteiger partial charge in [0.25, 0.3) is 0 Å². The maximum Gasteiger partial charge on any atom is 0.0261 e. The van der Waals surface area contributed by atoms with Gasteiger partial charge in [0.2, 0.25) is 0 Å². The van der Waals surface area contributed by atoms with Crippen LogP contribution in [0.5, 0.6) is 0 Å². The highest BCUT2D eigenvalue weighted by Crippen LogP contribution is 2.23. The van der Waals surface area contributed by atoms with Crippen LogP contribution in [0.3, 0.4) is 0 Å². The summed E-state index contributed by atoms with van der Waals surface area (Å²) in [5.41, 5.74) is 0.150. The highest BCUT2D eigenvalue weighted by atomic mass is 14.2. The summed E-state index contributed by atoms with van der Waals surface area (Å²) in [5, 5.41) is 0. The molecule has 0 rings (SSSR count). The zero-order valence-corrected chi connectivity index (χ0v) is 8.20. The van der Waals surface area contributed by atoms with Crippen LogP contribution in [0.4, 0.5) is 0 Å². The molecule has 1 unspecified atom stereocenters. The van der Waals surface area contributed by atoms with E-state index in [2.05, 4.69) is 46.5 Å². The Morgan fingerprint density at radius 1 is 1.45 bits per heavy atom. The Bertz CT molecular complexity index is 153. The van der Waals surface area contributed by atoms with Gasteiger partial charge in [-0.15, -0.1) is 5.92 Å². The lowest BCUT2D eigenvalue weighted by molar-refractivity contribution is 0.402. The Labute approximate surface area is 71.4 Å². The fourth-order valence-corrected chi connectivity index (χ4v) is 1.25. The fourth-order valence-electron chi connectivity index (χ4n) is 1.25. The minimum absolute atomic E-state index is 0.150. The zero-order valence-electron chi connectivity index (χ0n) is 8.20. The maximum atomic E-state index is 3.96. The quantitative estimate of drug-likeness (QED) is 0.531. The van der Waals surface area contributed by atoms with E-state index in [0.29, 0.717) is 5.92 Å². The Balaban J connectivity index is 3.99. The van der Waals surface area contributed by atoms with E-state index in [1.807, 2.05) is 0 Å². The molecule has 1 radical (unpaired) electrons. The van der Waals surface area contributed by atoms with Crippen molar-refractivity contribution in [2.24, 2.45) is 11.3 Å². The van der Waals surface area contributed by atoms with Gasteiger partial charge in [-0.3, -0.25) is 0 Å². The highest BCUT2D eigenvalue weighted by Gasteiger charge is 2.15. The Kier molecular flexibility index (Phi) is 4.26. The summed E-state index contributed by atoms with van der Waals surface area (Å²) >= 11 is 0. The average molecular weight is 151 g/mol. The second-order valence-electron chi connectivity index (χ2n) is 3.85. The van der Waals surface area contributed by atoms with Crippen molar-refractivity contribution in [1.82, 2.24) is 0 Å². The van der Waals surface area contributed by atoms with E-state index in [1.54, 1.807) is 0 Å². The van der Waals surface area contributed by atoms with Gasteiger partial charge in [-0.25, -0.2) is 0 Å². The zero-order chi connectivity index (χ0) is 8.91. The fraction of sp³-hybridized carbons (Fsp3) is 0.727. The second-order valence-corrected chi connectivity index (χ2v) is 3.85.